The summed E-state index contributed by atoms with van der Waals surface area (Å²) in [5, 5.41) is 5.29. The van der Waals surface area contributed by atoms with Gasteiger partial charge in [0.15, 0.2) is 6.61 Å². The fourth-order valence-electron chi connectivity index (χ4n) is 2.67. The Kier molecular flexibility index (Phi) is 6.13. The number of ether oxygens (including phenoxy) is 1. The zero-order valence-electron chi connectivity index (χ0n) is 15.2. The third-order valence-corrected chi connectivity index (χ3v) is 4.08. The van der Waals surface area contributed by atoms with E-state index in [2.05, 4.69) is 20.6 Å². The predicted octanol–water partition coefficient (Wildman–Crippen LogP) is 2.89. The molecule has 0 saturated heterocycles. The fraction of sp³-hybridized carbons (Fsp3) is 0.368. The van der Waals surface area contributed by atoms with Crippen molar-refractivity contribution >= 4 is 17.6 Å². The molecule has 2 heterocycles. The van der Waals surface area contributed by atoms with Gasteiger partial charge in [-0.2, -0.15) is 0 Å². The Morgan fingerprint density at radius 1 is 1.29 bits per heavy atom. The molecule has 3 rings (SSSR count). The number of hydrogen-bond acceptors (Lipinski definition) is 5. The van der Waals surface area contributed by atoms with Crippen molar-refractivity contribution in [1.82, 2.24) is 15.3 Å². The SMILES string of the molecule is CC(=O)Nc1cc(C(=O)NCc2cnc(OCC(F)F)c(C3CC3)c2)ccn1. The number of hydrogen-bond donors (Lipinski definition) is 2. The van der Waals surface area contributed by atoms with Gasteiger partial charge in [-0.1, -0.05) is 0 Å². The molecule has 0 spiro atoms. The van der Waals surface area contributed by atoms with Crippen LogP contribution in [0.25, 0.3) is 0 Å². The fourth-order valence-corrected chi connectivity index (χ4v) is 2.67. The quantitative estimate of drug-likeness (QED) is 0.723. The summed E-state index contributed by atoms with van der Waals surface area (Å²) in [6, 6.07) is 4.85. The number of alkyl halides is 2. The second-order valence-corrected chi connectivity index (χ2v) is 6.51. The second kappa shape index (κ2) is 8.73. The predicted molar refractivity (Wildman–Crippen MR) is 97.4 cm³/mol. The molecule has 1 fully saturated rings. The Morgan fingerprint density at radius 2 is 2.07 bits per heavy atom. The van der Waals surface area contributed by atoms with Gasteiger partial charge in [0, 0.05) is 37.0 Å². The highest BCUT2D eigenvalue weighted by Gasteiger charge is 2.28. The summed E-state index contributed by atoms with van der Waals surface area (Å²) in [6.45, 7) is 0.882. The van der Waals surface area contributed by atoms with E-state index in [0.717, 1.165) is 24.0 Å². The van der Waals surface area contributed by atoms with E-state index in [9.17, 15) is 18.4 Å². The minimum Gasteiger partial charge on any atom is -0.471 e. The standard InChI is InChI=1S/C19H20F2N4O3/c1-11(26)25-17-7-14(4-5-22-17)18(27)23-8-12-6-15(13-2-3-13)19(24-9-12)28-10-16(20)21/h4-7,9,13,16H,2-3,8,10H2,1H3,(H,23,27)(H,22,25,26). The normalized spacial score (nSPS) is 13.3. The van der Waals surface area contributed by atoms with Gasteiger partial charge in [0.05, 0.1) is 0 Å². The van der Waals surface area contributed by atoms with Crippen LogP contribution in [0.2, 0.25) is 0 Å². The lowest BCUT2D eigenvalue weighted by molar-refractivity contribution is -0.114. The summed E-state index contributed by atoms with van der Waals surface area (Å²) in [7, 11) is 0. The average molecular weight is 390 g/mol. The van der Waals surface area contributed by atoms with Gasteiger partial charge in [-0.15, -0.1) is 0 Å². The molecule has 9 heteroatoms. The van der Waals surface area contributed by atoms with Crippen molar-refractivity contribution in [2.75, 3.05) is 11.9 Å². The highest BCUT2D eigenvalue weighted by atomic mass is 19.3. The molecule has 0 unspecified atom stereocenters. The van der Waals surface area contributed by atoms with Gasteiger partial charge in [0.1, 0.15) is 5.82 Å². The molecule has 1 aliphatic rings. The summed E-state index contributed by atoms with van der Waals surface area (Å²) in [5.41, 5.74) is 1.89. The molecule has 0 aliphatic heterocycles. The first-order valence-corrected chi connectivity index (χ1v) is 8.84. The minimum absolute atomic E-state index is 0.221. The van der Waals surface area contributed by atoms with Crippen LogP contribution in [0.1, 0.15) is 47.2 Å². The van der Waals surface area contributed by atoms with Crippen LogP contribution in [0.4, 0.5) is 14.6 Å². The highest BCUT2D eigenvalue weighted by Crippen LogP contribution is 2.43. The van der Waals surface area contributed by atoms with E-state index in [1.807, 2.05) is 6.07 Å². The molecule has 2 aromatic rings. The number of rotatable bonds is 8. The molecule has 1 saturated carbocycles. The molecule has 7 nitrogen and oxygen atoms in total. The van der Waals surface area contributed by atoms with Crippen LogP contribution in [-0.4, -0.2) is 34.8 Å². The van der Waals surface area contributed by atoms with Gasteiger partial charge >= 0.3 is 0 Å². The maximum Gasteiger partial charge on any atom is 0.272 e. The van der Waals surface area contributed by atoms with Crippen LogP contribution < -0.4 is 15.4 Å². The second-order valence-electron chi connectivity index (χ2n) is 6.51. The molecule has 148 valence electrons. The summed E-state index contributed by atoms with van der Waals surface area (Å²) >= 11 is 0. The smallest absolute Gasteiger partial charge is 0.272 e. The summed E-state index contributed by atoms with van der Waals surface area (Å²) in [5.74, 6) is 0.166. The topological polar surface area (TPSA) is 93.2 Å². The van der Waals surface area contributed by atoms with Gasteiger partial charge in [-0.05, 0) is 42.5 Å². The Bertz CT molecular complexity index is 872. The summed E-state index contributed by atoms with van der Waals surface area (Å²) in [6.07, 6.45) is 2.30. The molecular formula is C19H20F2N4O3. The molecule has 2 amide bonds. The first-order valence-electron chi connectivity index (χ1n) is 8.84. The molecule has 28 heavy (non-hydrogen) atoms. The Balaban J connectivity index is 1.64. The third-order valence-electron chi connectivity index (χ3n) is 4.08. The zero-order valence-corrected chi connectivity index (χ0v) is 15.2. The largest absolute Gasteiger partial charge is 0.471 e. The van der Waals surface area contributed by atoms with Gasteiger partial charge in [0.2, 0.25) is 11.8 Å². The molecule has 2 aromatic heterocycles. The number of carbonyl (C=O) groups excluding carboxylic acids is 2. The van der Waals surface area contributed by atoms with Gasteiger partial charge < -0.3 is 15.4 Å². The molecule has 0 atom stereocenters. The third kappa shape index (κ3) is 5.45. The van der Waals surface area contributed by atoms with E-state index in [1.165, 1.54) is 31.5 Å². The number of carbonyl (C=O) groups is 2. The van der Waals surface area contributed by atoms with E-state index in [4.69, 9.17) is 4.74 Å². The Hall–Kier alpha value is -3.10. The van der Waals surface area contributed by atoms with Crippen LogP contribution in [0, 0.1) is 0 Å². The Labute approximate surface area is 160 Å². The summed E-state index contributed by atoms with van der Waals surface area (Å²) in [4.78, 5) is 31.6. The Morgan fingerprint density at radius 3 is 2.75 bits per heavy atom. The van der Waals surface area contributed by atoms with Crippen molar-refractivity contribution in [1.29, 1.82) is 0 Å². The number of nitrogens with one attached hydrogen (secondary N) is 2. The molecule has 0 bridgehead atoms. The number of amides is 2. The molecule has 2 N–H and O–H groups in total. The van der Waals surface area contributed by atoms with E-state index < -0.39 is 13.0 Å². The lowest BCUT2D eigenvalue weighted by atomic mass is 10.1. The molecular weight excluding hydrogens is 370 g/mol. The van der Waals surface area contributed by atoms with Crippen LogP contribution in [0.5, 0.6) is 5.88 Å². The van der Waals surface area contributed by atoms with Crippen molar-refractivity contribution in [2.24, 2.45) is 0 Å². The van der Waals surface area contributed by atoms with Gasteiger partial charge in [-0.25, -0.2) is 18.7 Å². The van der Waals surface area contributed by atoms with Crippen molar-refractivity contribution in [3.05, 3.63) is 47.3 Å². The van der Waals surface area contributed by atoms with E-state index in [-0.39, 0.29) is 30.2 Å². The van der Waals surface area contributed by atoms with Crippen LogP contribution in [-0.2, 0) is 11.3 Å². The first kappa shape index (κ1) is 19.7. The van der Waals surface area contributed by atoms with Crippen molar-refractivity contribution in [2.45, 2.75) is 38.7 Å². The number of pyridine rings is 2. The van der Waals surface area contributed by atoms with Crippen molar-refractivity contribution < 1.29 is 23.1 Å². The molecule has 1 aliphatic carbocycles. The number of anilines is 1. The van der Waals surface area contributed by atoms with E-state index in [0.29, 0.717) is 11.4 Å². The number of aromatic nitrogens is 2. The van der Waals surface area contributed by atoms with Crippen LogP contribution in [0.15, 0.2) is 30.6 Å². The highest BCUT2D eigenvalue weighted by molar-refractivity contribution is 5.96. The minimum atomic E-state index is -2.56. The number of nitrogens with zero attached hydrogens (tertiary/aromatic N) is 2. The monoisotopic (exact) mass is 390 g/mol. The van der Waals surface area contributed by atoms with E-state index >= 15 is 0 Å². The molecule has 0 radical (unpaired) electrons. The summed E-state index contributed by atoms with van der Waals surface area (Å²) < 4.78 is 29.9. The first-order chi connectivity index (χ1) is 13.4. The van der Waals surface area contributed by atoms with E-state index in [1.54, 1.807) is 0 Å². The number of halogens is 2. The van der Waals surface area contributed by atoms with Gasteiger partial charge in [0.25, 0.3) is 12.3 Å². The lowest BCUT2D eigenvalue weighted by Gasteiger charge is -2.12. The van der Waals surface area contributed by atoms with Crippen LogP contribution >= 0.6 is 0 Å². The van der Waals surface area contributed by atoms with Crippen molar-refractivity contribution in [3.63, 3.8) is 0 Å². The maximum absolute atomic E-state index is 12.4. The van der Waals surface area contributed by atoms with Gasteiger partial charge in [-0.3, -0.25) is 9.59 Å². The average Bonchev–Trinajstić information content (AvgIpc) is 3.49. The van der Waals surface area contributed by atoms with Crippen LogP contribution in [0.3, 0.4) is 0 Å². The molecule has 0 aromatic carbocycles. The lowest BCUT2D eigenvalue weighted by Crippen LogP contribution is -2.23. The maximum atomic E-state index is 12.4. The zero-order chi connectivity index (χ0) is 20.1. The van der Waals surface area contributed by atoms with Crippen molar-refractivity contribution in [3.8, 4) is 5.88 Å².